The summed E-state index contributed by atoms with van der Waals surface area (Å²) in [5.41, 5.74) is 3.05. The van der Waals surface area contributed by atoms with Crippen molar-refractivity contribution >= 4 is 23.1 Å². The molecule has 0 spiro atoms. The van der Waals surface area contributed by atoms with E-state index in [1.54, 1.807) is 0 Å². The van der Waals surface area contributed by atoms with Crippen molar-refractivity contribution in [3.63, 3.8) is 0 Å². The van der Waals surface area contributed by atoms with Gasteiger partial charge in [0, 0.05) is 12.3 Å². The van der Waals surface area contributed by atoms with E-state index in [2.05, 4.69) is 44.2 Å². The first kappa shape index (κ1) is 10.1. The van der Waals surface area contributed by atoms with E-state index < -0.39 is 6.04 Å². The van der Waals surface area contributed by atoms with Crippen molar-refractivity contribution in [2.45, 2.75) is 13.8 Å². The third kappa shape index (κ3) is 1.71. The van der Waals surface area contributed by atoms with E-state index in [1.165, 1.54) is 16.5 Å². The van der Waals surface area contributed by atoms with Crippen LogP contribution in [-0.4, -0.2) is 12.3 Å². The summed E-state index contributed by atoms with van der Waals surface area (Å²) >= 11 is 5.86. The molecule has 2 heteroatoms. The van der Waals surface area contributed by atoms with Crippen LogP contribution < -0.4 is 5.30 Å². The molecule has 1 aromatic carbocycles. The molecule has 0 bridgehead atoms. The SMILES string of the molecule is CC1=C(C)CP(=S)(c2ccccc2)C1. The fraction of sp³-hybridized carbons (Fsp3) is 0.333. The molecule has 1 aliphatic rings. The Hall–Kier alpha value is -0.390. The Balaban J connectivity index is 2.35. The first-order valence-electron chi connectivity index (χ1n) is 4.91. The zero-order valence-corrected chi connectivity index (χ0v) is 10.4. The summed E-state index contributed by atoms with van der Waals surface area (Å²) in [5, 5.41) is 1.41. The summed E-state index contributed by atoms with van der Waals surface area (Å²) in [7, 11) is 0. The smallest absolute Gasteiger partial charge is 0.00170 e. The maximum atomic E-state index is 5.86. The lowest BCUT2D eigenvalue weighted by Crippen LogP contribution is -2.06. The molecule has 0 N–H and O–H groups in total. The molecule has 0 unspecified atom stereocenters. The fourth-order valence-electron chi connectivity index (χ4n) is 1.97. The monoisotopic (exact) mass is 222 g/mol. The van der Waals surface area contributed by atoms with Gasteiger partial charge >= 0.3 is 0 Å². The second kappa shape index (κ2) is 3.64. The molecule has 0 saturated heterocycles. The first-order chi connectivity index (χ1) is 6.62. The van der Waals surface area contributed by atoms with Crippen LogP contribution in [0.2, 0.25) is 0 Å². The van der Waals surface area contributed by atoms with Gasteiger partial charge in [-0.3, -0.25) is 0 Å². The van der Waals surface area contributed by atoms with Crippen molar-refractivity contribution in [2.24, 2.45) is 0 Å². The Labute approximate surface area is 91.0 Å². The Morgan fingerprint density at radius 3 is 2.00 bits per heavy atom. The Morgan fingerprint density at radius 2 is 1.50 bits per heavy atom. The van der Waals surface area contributed by atoms with Crippen molar-refractivity contribution in [2.75, 3.05) is 12.3 Å². The second-order valence-corrected chi connectivity index (χ2v) is 9.13. The van der Waals surface area contributed by atoms with Crippen LogP contribution in [0, 0.1) is 0 Å². The summed E-state index contributed by atoms with van der Waals surface area (Å²) in [6, 6.07) is 9.40. The van der Waals surface area contributed by atoms with Crippen LogP contribution in [0.5, 0.6) is 0 Å². The van der Waals surface area contributed by atoms with Crippen molar-refractivity contribution < 1.29 is 0 Å². The molecule has 0 radical (unpaired) electrons. The molecule has 0 amide bonds. The summed E-state index contributed by atoms with van der Waals surface area (Å²) in [6.07, 6.45) is 2.30. The van der Waals surface area contributed by atoms with E-state index >= 15 is 0 Å². The average molecular weight is 222 g/mol. The maximum Gasteiger partial charge on any atom is 0.00170 e. The van der Waals surface area contributed by atoms with E-state index in [9.17, 15) is 0 Å². The summed E-state index contributed by atoms with van der Waals surface area (Å²) in [5.74, 6) is 0. The number of benzene rings is 1. The largest absolute Gasteiger partial charge is 0.0919 e. The number of hydrogen-bond acceptors (Lipinski definition) is 1. The minimum Gasteiger partial charge on any atom is -0.0919 e. The molecule has 0 atom stereocenters. The van der Waals surface area contributed by atoms with Gasteiger partial charge in [0.05, 0.1) is 0 Å². The van der Waals surface area contributed by atoms with Gasteiger partial charge in [0.15, 0.2) is 0 Å². The molecule has 1 heterocycles. The molecule has 1 aromatic rings. The molecule has 2 rings (SSSR count). The van der Waals surface area contributed by atoms with E-state index in [1.807, 2.05) is 0 Å². The Bertz CT molecular complexity index is 399. The minimum atomic E-state index is -1.28. The van der Waals surface area contributed by atoms with E-state index in [0.29, 0.717) is 0 Å². The highest BCUT2D eigenvalue weighted by atomic mass is 32.4. The molecule has 74 valence electrons. The van der Waals surface area contributed by atoms with E-state index in [-0.39, 0.29) is 0 Å². The van der Waals surface area contributed by atoms with Gasteiger partial charge in [0.1, 0.15) is 0 Å². The average Bonchev–Trinajstić information content (AvgIpc) is 2.44. The van der Waals surface area contributed by atoms with Gasteiger partial charge in [0.25, 0.3) is 0 Å². The standard InChI is InChI=1S/C12H15PS/c1-10-8-13(14,9-11(10)2)12-6-4-3-5-7-12/h3-7H,8-9H2,1-2H3. The third-order valence-electron chi connectivity index (χ3n) is 2.94. The summed E-state index contributed by atoms with van der Waals surface area (Å²) < 4.78 is 0. The molecule has 0 fully saturated rings. The van der Waals surface area contributed by atoms with Crippen LogP contribution in [0.4, 0.5) is 0 Å². The summed E-state index contributed by atoms with van der Waals surface area (Å²) in [4.78, 5) is 0. The predicted molar refractivity (Wildman–Crippen MR) is 68.5 cm³/mol. The van der Waals surface area contributed by atoms with Crippen molar-refractivity contribution in [3.8, 4) is 0 Å². The quantitative estimate of drug-likeness (QED) is 0.519. The number of allylic oxidation sites excluding steroid dienone is 2. The molecular formula is C12H15PS. The molecule has 0 nitrogen and oxygen atoms in total. The normalized spacial score (nSPS) is 20.1. The number of rotatable bonds is 1. The first-order valence-corrected chi connectivity index (χ1v) is 8.08. The highest BCUT2D eigenvalue weighted by Crippen LogP contribution is 2.53. The van der Waals surface area contributed by atoms with Crippen LogP contribution in [0.15, 0.2) is 41.5 Å². The molecule has 0 saturated carbocycles. The van der Waals surface area contributed by atoms with Crippen molar-refractivity contribution in [3.05, 3.63) is 41.5 Å². The van der Waals surface area contributed by atoms with E-state index in [0.717, 1.165) is 12.3 Å². The van der Waals surface area contributed by atoms with Gasteiger partial charge in [-0.05, 0) is 25.2 Å². The fourth-order valence-corrected chi connectivity index (χ4v) is 6.77. The molecule has 14 heavy (non-hydrogen) atoms. The molecule has 0 aliphatic carbocycles. The van der Waals surface area contributed by atoms with Gasteiger partial charge in [0.2, 0.25) is 0 Å². The van der Waals surface area contributed by atoms with Crippen LogP contribution in [-0.2, 0) is 11.8 Å². The third-order valence-corrected chi connectivity index (χ3v) is 7.56. The van der Waals surface area contributed by atoms with Crippen LogP contribution in [0.3, 0.4) is 0 Å². The van der Waals surface area contributed by atoms with Gasteiger partial charge in [-0.25, -0.2) is 0 Å². The Kier molecular flexibility index (Phi) is 2.64. The lowest BCUT2D eigenvalue weighted by molar-refractivity contribution is 1.29. The van der Waals surface area contributed by atoms with Crippen molar-refractivity contribution in [1.82, 2.24) is 0 Å². The minimum absolute atomic E-state index is 1.15. The predicted octanol–water partition coefficient (Wildman–Crippen LogP) is 3.14. The zero-order valence-electron chi connectivity index (χ0n) is 8.66. The topological polar surface area (TPSA) is 0 Å². The van der Waals surface area contributed by atoms with Crippen LogP contribution >= 0.6 is 6.04 Å². The van der Waals surface area contributed by atoms with Crippen LogP contribution in [0.1, 0.15) is 13.8 Å². The van der Waals surface area contributed by atoms with Gasteiger partial charge in [-0.1, -0.05) is 53.3 Å². The van der Waals surface area contributed by atoms with Gasteiger partial charge < -0.3 is 0 Å². The van der Waals surface area contributed by atoms with E-state index in [4.69, 9.17) is 11.8 Å². The Morgan fingerprint density at radius 1 is 1.00 bits per heavy atom. The van der Waals surface area contributed by atoms with Crippen molar-refractivity contribution in [1.29, 1.82) is 0 Å². The molecule has 0 aromatic heterocycles. The molecule has 1 aliphatic heterocycles. The second-order valence-electron chi connectivity index (χ2n) is 4.10. The van der Waals surface area contributed by atoms with Gasteiger partial charge in [-0.2, -0.15) is 0 Å². The lowest BCUT2D eigenvalue weighted by atomic mass is 10.2. The summed E-state index contributed by atoms with van der Waals surface area (Å²) in [6.45, 7) is 4.46. The lowest BCUT2D eigenvalue weighted by Gasteiger charge is -2.16. The van der Waals surface area contributed by atoms with Crippen LogP contribution in [0.25, 0.3) is 0 Å². The highest BCUT2D eigenvalue weighted by Gasteiger charge is 2.26. The molecular weight excluding hydrogens is 207 g/mol. The number of hydrogen-bond donors (Lipinski definition) is 0. The maximum absolute atomic E-state index is 5.86. The van der Waals surface area contributed by atoms with Gasteiger partial charge in [-0.15, -0.1) is 0 Å². The highest BCUT2D eigenvalue weighted by molar-refractivity contribution is 8.18. The zero-order chi connectivity index (χ0) is 10.2.